The number of ketones is 1. The Morgan fingerprint density at radius 3 is 2.92 bits per heavy atom. The summed E-state index contributed by atoms with van der Waals surface area (Å²) in [6, 6.07) is 0.643. The standard InChI is InChI=1S/C9H18N2O/c1-8(12)6-10-7-9-4-3-5-11(9)2/h9-10H,3-7H2,1-2H3. The van der Waals surface area contributed by atoms with Crippen LogP contribution in [0.2, 0.25) is 0 Å². The minimum atomic E-state index is 0.218. The molecule has 0 spiro atoms. The van der Waals surface area contributed by atoms with Crippen molar-refractivity contribution in [2.75, 3.05) is 26.7 Å². The Bertz CT molecular complexity index is 159. The fourth-order valence-corrected chi connectivity index (χ4v) is 1.65. The molecular formula is C9H18N2O. The van der Waals surface area contributed by atoms with Crippen molar-refractivity contribution in [1.29, 1.82) is 0 Å². The Morgan fingerprint density at radius 2 is 2.42 bits per heavy atom. The molecule has 3 heteroatoms. The maximum absolute atomic E-state index is 10.6. The van der Waals surface area contributed by atoms with E-state index in [-0.39, 0.29) is 5.78 Å². The van der Waals surface area contributed by atoms with Crippen LogP contribution in [-0.4, -0.2) is 43.4 Å². The number of nitrogens with zero attached hydrogens (tertiary/aromatic N) is 1. The number of carbonyl (C=O) groups is 1. The van der Waals surface area contributed by atoms with Crippen molar-refractivity contribution in [3.8, 4) is 0 Å². The van der Waals surface area contributed by atoms with Crippen molar-refractivity contribution in [1.82, 2.24) is 10.2 Å². The van der Waals surface area contributed by atoms with Gasteiger partial charge in [0, 0.05) is 12.6 Å². The second-order valence-corrected chi connectivity index (χ2v) is 3.61. The lowest BCUT2D eigenvalue weighted by Gasteiger charge is -2.19. The predicted octanol–water partition coefficient (Wildman–Crippen LogP) is 0.259. The molecule has 1 fully saturated rings. The highest BCUT2D eigenvalue weighted by molar-refractivity contribution is 5.77. The van der Waals surface area contributed by atoms with Gasteiger partial charge in [-0.3, -0.25) is 4.79 Å². The van der Waals surface area contributed by atoms with Gasteiger partial charge in [-0.15, -0.1) is 0 Å². The van der Waals surface area contributed by atoms with Crippen molar-refractivity contribution < 1.29 is 4.79 Å². The van der Waals surface area contributed by atoms with Crippen LogP contribution >= 0.6 is 0 Å². The summed E-state index contributed by atoms with van der Waals surface area (Å²) >= 11 is 0. The van der Waals surface area contributed by atoms with Gasteiger partial charge < -0.3 is 10.2 Å². The zero-order valence-corrected chi connectivity index (χ0v) is 7.97. The molecule has 1 saturated heterocycles. The second-order valence-electron chi connectivity index (χ2n) is 3.61. The van der Waals surface area contributed by atoms with Crippen molar-refractivity contribution in [3.63, 3.8) is 0 Å². The lowest BCUT2D eigenvalue weighted by Crippen LogP contribution is -2.37. The lowest BCUT2D eigenvalue weighted by atomic mass is 10.2. The van der Waals surface area contributed by atoms with Gasteiger partial charge in [-0.1, -0.05) is 0 Å². The number of carbonyl (C=O) groups excluding carboxylic acids is 1. The number of likely N-dealkylation sites (tertiary alicyclic amines) is 1. The first-order valence-corrected chi connectivity index (χ1v) is 4.60. The van der Waals surface area contributed by atoms with Gasteiger partial charge in [-0.2, -0.15) is 0 Å². The number of hydrogen-bond donors (Lipinski definition) is 1. The molecule has 0 radical (unpaired) electrons. The van der Waals surface area contributed by atoms with Crippen LogP contribution in [0.4, 0.5) is 0 Å². The monoisotopic (exact) mass is 170 g/mol. The molecule has 0 amide bonds. The molecule has 1 unspecified atom stereocenters. The van der Waals surface area contributed by atoms with Crippen LogP contribution in [0.3, 0.4) is 0 Å². The van der Waals surface area contributed by atoms with E-state index in [0.717, 1.165) is 6.54 Å². The molecule has 1 heterocycles. The first kappa shape index (κ1) is 9.68. The molecule has 3 nitrogen and oxygen atoms in total. The molecule has 1 aliphatic rings. The quantitative estimate of drug-likeness (QED) is 0.657. The highest BCUT2D eigenvalue weighted by Gasteiger charge is 2.19. The van der Waals surface area contributed by atoms with Gasteiger partial charge in [0.2, 0.25) is 0 Å². The molecule has 1 rings (SSSR count). The van der Waals surface area contributed by atoms with Crippen molar-refractivity contribution in [2.24, 2.45) is 0 Å². The summed E-state index contributed by atoms with van der Waals surface area (Å²) in [5.41, 5.74) is 0. The van der Waals surface area contributed by atoms with Gasteiger partial charge in [-0.25, -0.2) is 0 Å². The van der Waals surface area contributed by atoms with Crippen LogP contribution < -0.4 is 5.32 Å². The Labute approximate surface area is 74.1 Å². The molecule has 1 atom stereocenters. The van der Waals surface area contributed by atoms with E-state index in [9.17, 15) is 4.79 Å². The van der Waals surface area contributed by atoms with E-state index in [1.807, 2.05) is 0 Å². The summed E-state index contributed by atoms with van der Waals surface area (Å²) in [5.74, 6) is 0.218. The van der Waals surface area contributed by atoms with Gasteiger partial charge >= 0.3 is 0 Å². The van der Waals surface area contributed by atoms with E-state index in [2.05, 4.69) is 17.3 Å². The number of likely N-dealkylation sites (N-methyl/N-ethyl adjacent to an activating group) is 1. The third-order valence-electron chi connectivity index (χ3n) is 2.43. The molecular weight excluding hydrogens is 152 g/mol. The van der Waals surface area contributed by atoms with Crippen LogP contribution in [0, 0.1) is 0 Å². The highest BCUT2D eigenvalue weighted by Crippen LogP contribution is 2.13. The van der Waals surface area contributed by atoms with E-state index >= 15 is 0 Å². The SMILES string of the molecule is CC(=O)CNCC1CCCN1C. The summed E-state index contributed by atoms with van der Waals surface area (Å²) in [4.78, 5) is 13.0. The molecule has 0 aliphatic carbocycles. The van der Waals surface area contributed by atoms with Crippen LogP contribution in [0.1, 0.15) is 19.8 Å². The van der Waals surface area contributed by atoms with Crippen molar-refractivity contribution in [3.05, 3.63) is 0 Å². The van der Waals surface area contributed by atoms with Crippen LogP contribution in [-0.2, 0) is 4.79 Å². The highest BCUT2D eigenvalue weighted by atomic mass is 16.1. The summed E-state index contributed by atoms with van der Waals surface area (Å²) in [6.45, 7) is 4.29. The Kier molecular flexibility index (Phi) is 3.69. The van der Waals surface area contributed by atoms with E-state index in [1.54, 1.807) is 6.92 Å². The Hall–Kier alpha value is -0.410. The topological polar surface area (TPSA) is 32.3 Å². The third kappa shape index (κ3) is 2.91. The van der Waals surface area contributed by atoms with Crippen LogP contribution in [0.25, 0.3) is 0 Å². The molecule has 0 aromatic rings. The molecule has 0 saturated carbocycles. The fourth-order valence-electron chi connectivity index (χ4n) is 1.65. The van der Waals surface area contributed by atoms with E-state index in [0.29, 0.717) is 12.6 Å². The summed E-state index contributed by atoms with van der Waals surface area (Å²) in [6.07, 6.45) is 2.56. The molecule has 1 aliphatic heterocycles. The molecule has 70 valence electrons. The van der Waals surface area contributed by atoms with Gasteiger partial charge in [-0.05, 0) is 33.4 Å². The number of hydrogen-bond acceptors (Lipinski definition) is 3. The smallest absolute Gasteiger partial charge is 0.143 e. The van der Waals surface area contributed by atoms with Gasteiger partial charge in [0.15, 0.2) is 0 Å². The van der Waals surface area contributed by atoms with Crippen LogP contribution in [0.5, 0.6) is 0 Å². The minimum absolute atomic E-state index is 0.218. The normalized spacial score (nSPS) is 24.7. The van der Waals surface area contributed by atoms with Crippen molar-refractivity contribution >= 4 is 5.78 Å². The summed E-state index contributed by atoms with van der Waals surface area (Å²) in [5, 5.41) is 3.17. The average Bonchev–Trinajstić information content (AvgIpc) is 2.36. The molecule has 0 bridgehead atoms. The Morgan fingerprint density at radius 1 is 1.67 bits per heavy atom. The average molecular weight is 170 g/mol. The number of rotatable bonds is 4. The summed E-state index contributed by atoms with van der Waals surface area (Å²) in [7, 11) is 2.15. The fraction of sp³-hybridized carbons (Fsp3) is 0.889. The number of Topliss-reactive ketones (excluding diaryl/α,β-unsaturated/α-hetero) is 1. The first-order chi connectivity index (χ1) is 5.70. The number of nitrogens with one attached hydrogen (secondary N) is 1. The molecule has 12 heavy (non-hydrogen) atoms. The Balaban J connectivity index is 2.10. The molecule has 0 aromatic heterocycles. The molecule has 0 aromatic carbocycles. The maximum atomic E-state index is 10.6. The van der Waals surface area contributed by atoms with E-state index in [4.69, 9.17) is 0 Å². The van der Waals surface area contributed by atoms with Crippen molar-refractivity contribution in [2.45, 2.75) is 25.8 Å². The second kappa shape index (κ2) is 4.58. The minimum Gasteiger partial charge on any atom is -0.308 e. The lowest BCUT2D eigenvalue weighted by molar-refractivity contribution is -0.116. The van der Waals surface area contributed by atoms with Crippen LogP contribution in [0.15, 0.2) is 0 Å². The predicted molar refractivity (Wildman–Crippen MR) is 49.2 cm³/mol. The zero-order valence-electron chi connectivity index (χ0n) is 7.97. The largest absolute Gasteiger partial charge is 0.308 e. The van der Waals surface area contributed by atoms with Gasteiger partial charge in [0.1, 0.15) is 5.78 Å². The van der Waals surface area contributed by atoms with Gasteiger partial charge in [0.05, 0.1) is 6.54 Å². The maximum Gasteiger partial charge on any atom is 0.143 e. The van der Waals surface area contributed by atoms with E-state index in [1.165, 1.54) is 19.4 Å². The van der Waals surface area contributed by atoms with E-state index < -0.39 is 0 Å². The van der Waals surface area contributed by atoms with Gasteiger partial charge in [0.25, 0.3) is 0 Å². The molecule has 1 N–H and O–H groups in total. The third-order valence-corrected chi connectivity index (χ3v) is 2.43. The zero-order chi connectivity index (χ0) is 8.97. The summed E-state index contributed by atoms with van der Waals surface area (Å²) < 4.78 is 0. The first-order valence-electron chi connectivity index (χ1n) is 4.60.